The van der Waals surface area contributed by atoms with Crippen molar-refractivity contribution in [1.82, 2.24) is 0 Å². The van der Waals surface area contributed by atoms with Crippen LogP contribution >= 0.6 is 0 Å². The number of carbonyl (C=O) groups excluding carboxylic acids is 2. The maximum absolute atomic E-state index is 11.9. The van der Waals surface area contributed by atoms with E-state index in [4.69, 9.17) is 11.5 Å². The number of aliphatic imine (C=N–C) groups is 1. The lowest BCUT2D eigenvalue weighted by atomic mass is 9.95. The summed E-state index contributed by atoms with van der Waals surface area (Å²) in [6, 6.07) is 12.8. The second-order valence-electron chi connectivity index (χ2n) is 5.18. The van der Waals surface area contributed by atoms with Crippen molar-refractivity contribution in [1.29, 1.82) is 0 Å². The van der Waals surface area contributed by atoms with Gasteiger partial charge >= 0.3 is 0 Å². The van der Waals surface area contributed by atoms with Crippen LogP contribution in [0.15, 0.2) is 47.5 Å². The van der Waals surface area contributed by atoms with Gasteiger partial charge in [-0.25, -0.2) is 0 Å². The zero-order valence-corrected chi connectivity index (χ0v) is 11.9. The van der Waals surface area contributed by atoms with Gasteiger partial charge in [-0.1, -0.05) is 30.3 Å². The van der Waals surface area contributed by atoms with E-state index < -0.39 is 5.91 Å². The normalized spacial score (nSPS) is 12.8. The highest BCUT2D eigenvalue weighted by Crippen LogP contribution is 2.32. The third kappa shape index (κ3) is 2.48. The first-order valence-electron chi connectivity index (χ1n) is 6.96. The smallest absolute Gasteiger partial charge is 0.280 e. The average Bonchev–Trinajstić information content (AvgIpc) is 2.88. The monoisotopic (exact) mass is 293 g/mol. The maximum atomic E-state index is 11.9. The van der Waals surface area contributed by atoms with Crippen LogP contribution in [0, 0.1) is 0 Å². The standard InChI is InChI=1S/C17H15N3O2/c18-17(19)20-16(22)11-4-1-3-10(9-11)12-5-2-6-14-13(12)7-8-15(14)21/h1-6,9H,7-8H2,(H4,18,19,20,22). The molecule has 1 aliphatic rings. The zero-order chi connectivity index (χ0) is 15.7. The summed E-state index contributed by atoms with van der Waals surface area (Å²) in [5.41, 5.74) is 14.6. The molecule has 0 atom stereocenters. The third-order valence-electron chi connectivity index (χ3n) is 3.73. The minimum atomic E-state index is -0.481. The summed E-state index contributed by atoms with van der Waals surface area (Å²) in [6.45, 7) is 0. The largest absolute Gasteiger partial charge is 0.370 e. The number of amides is 1. The molecule has 0 radical (unpaired) electrons. The van der Waals surface area contributed by atoms with Gasteiger partial charge in [0.15, 0.2) is 11.7 Å². The summed E-state index contributed by atoms with van der Waals surface area (Å²) in [5.74, 6) is -0.573. The first-order chi connectivity index (χ1) is 10.6. The quantitative estimate of drug-likeness (QED) is 0.652. The van der Waals surface area contributed by atoms with E-state index >= 15 is 0 Å². The van der Waals surface area contributed by atoms with Gasteiger partial charge in [0, 0.05) is 17.5 Å². The number of carbonyl (C=O) groups is 2. The van der Waals surface area contributed by atoms with Crippen LogP contribution in [0.5, 0.6) is 0 Å². The van der Waals surface area contributed by atoms with Crippen molar-refractivity contribution < 1.29 is 9.59 Å². The van der Waals surface area contributed by atoms with Gasteiger partial charge in [0.05, 0.1) is 0 Å². The van der Waals surface area contributed by atoms with Crippen LogP contribution in [0.1, 0.15) is 32.7 Å². The van der Waals surface area contributed by atoms with Crippen molar-refractivity contribution in [3.63, 3.8) is 0 Å². The molecule has 0 spiro atoms. The molecule has 0 saturated carbocycles. The molecule has 1 amide bonds. The minimum Gasteiger partial charge on any atom is -0.370 e. The van der Waals surface area contributed by atoms with E-state index in [1.165, 1.54) is 0 Å². The molecule has 5 heteroatoms. The number of guanidine groups is 1. The highest BCUT2D eigenvalue weighted by molar-refractivity contribution is 6.04. The van der Waals surface area contributed by atoms with Gasteiger partial charge in [0.2, 0.25) is 0 Å². The van der Waals surface area contributed by atoms with Crippen LogP contribution in [-0.2, 0) is 6.42 Å². The second kappa shape index (κ2) is 5.44. The van der Waals surface area contributed by atoms with Gasteiger partial charge in [0.25, 0.3) is 5.91 Å². The fraction of sp³-hybridized carbons (Fsp3) is 0.118. The van der Waals surface area contributed by atoms with Crippen molar-refractivity contribution in [3.05, 3.63) is 59.2 Å². The molecule has 0 unspecified atom stereocenters. The Labute approximate surface area is 127 Å². The summed E-state index contributed by atoms with van der Waals surface area (Å²) in [4.78, 5) is 27.3. The van der Waals surface area contributed by atoms with Gasteiger partial charge in [-0.05, 0) is 35.2 Å². The molecule has 0 fully saturated rings. The first kappa shape index (κ1) is 14.0. The zero-order valence-electron chi connectivity index (χ0n) is 11.9. The van der Waals surface area contributed by atoms with Crippen LogP contribution in [-0.4, -0.2) is 17.6 Å². The molecule has 2 aromatic rings. The lowest BCUT2D eigenvalue weighted by Crippen LogP contribution is -2.24. The Morgan fingerprint density at radius 1 is 1.00 bits per heavy atom. The van der Waals surface area contributed by atoms with Crippen LogP contribution in [0.2, 0.25) is 0 Å². The average molecular weight is 293 g/mol. The van der Waals surface area contributed by atoms with Gasteiger partial charge in [-0.15, -0.1) is 0 Å². The Kier molecular flexibility index (Phi) is 3.47. The summed E-state index contributed by atoms with van der Waals surface area (Å²) in [7, 11) is 0. The molecule has 0 aromatic heterocycles. The van der Waals surface area contributed by atoms with Crippen molar-refractivity contribution in [2.75, 3.05) is 0 Å². The fourth-order valence-corrected chi connectivity index (χ4v) is 2.76. The number of Topliss-reactive ketones (excluding diaryl/α,β-unsaturated/α-hetero) is 1. The first-order valence-corrected chi connectivity index (χ1v) is 6.96. The predicted molar refractivity (Wildman–Crippen MR) is 84.7 cm³/mol. The lowest BCUT2D eigenvalue weighted by molar-refractivity contribution is 0.0989. The number of hydrogen-bond donors (Lipinski definition) is 2. The molecule has 22 heavy (non-hydrogen) atoms. The van der Waals surface area contributed by atoms with E-state index in [1.807, 2.05) is 24.3 Å². The molecule has 2 aromatic carbocycles. The number of rotatable bonds is 2. The summed E-state index contributed by atoms with van der Waals surface area (Å²) in [5, 5.41) is 0. The van der Waals surface area contributed by atoms with E-state index in [9.17, 15) is 9.59 Å². The molecular weight excluding hydrogens is 278 g/mol. The molecular formula is C17H15N3O2. The fourth-order valence-electron chi connectivity index (χ4n) is 2.76. The molecule has 3 rings (SSSR count). The minimum absolute atomic E-state index is 0.171. The van der Waals surface area contributed by atoms with Crippen molar-refractivity contribution in [2.45, 2.75) is 12.8 Å². The Balaban J connectivity index is 2.06. The molecule has 0 aliphatic heterocycles. The summed E-state index contributed by atoms with van der Waals surface area (Å²) >= 11 is 0. The molecule has 0 bridgehead atoms. The molecule has 5 nitrogen and oxygen atoms in total. The molecule has 0 saturated heterocycles. The van der Waals surface area contributed by atoms with Crippen molar-refractivity contribution in [2.24, 2.45) is 16.5 Å². The van der Waals surface area contributed by atoms with Gasteiger partial charge in [-0.2, -0.15) is 4.99 Å². The lowest BCUT2D eigenvalue weighted by Gasteiger charge is -2.09. The molecule has 4 N–H and O–H groups in total. The predicted octanol–water partition coefficient (Wildman–Crippen LogP) is 1.90. The highest BCUT2D eigenvalue weighted by Gasteiger charge is 2.22. The highest BCUT2D eigenvalue weighted by atomic mass is 16.1. The van der Waals surface area contributed by atoms with Gasteiger partial charge in [-0.3, -0.25) is 9.59 Å². The third-order valence-corrected chi connectivity index (χ3v) is 3.73. The maximum Gasteiger partial charge on any atom is 0.280 e. The molecule has 0 heterocycles. The number of benzene rings is 2. The van der Waals surface area contributed by atoms with Crippen LogP contribution in [0.3, 0.4) is 0 Å². The van der Waals surface area contributed by atoms with Crippen LogP contribution < -0.4 is 11.5 Å². The Morgan fingerprint density at radius 3 is 2.50 bits per heavy atom. The topological polar surface area (TPSA) is 98.5 Å². The van der Waals surface area contributed by atoms with E-state index in [0.29, 0.717) is 12.0 Å². The van der Waals surface area contributed by atoms with Gasteiger partial charge in [0.1, 0.15) is 0 Å². The Hall–Kier alpha value is -2.95. The van der Waals surface area contributed by atoms with E-state index in [1.54, 1.807) is 18.2 Å². The Morgan fingerprint density at radius 2 is 1.73 bits per heavy atom. The van der Waals surface area contributed by atoms with Crippen LogP contribution in [0.25, 0.3) is 11.1 Å². The Bertz CT molecular complexity index is 805. The summed E-state index contributed by atoms with van der Waals surface area (Å²) in [6.07, 6.45) is 1.27. The summed E-state index contributed by atoms with van der Waals surface area (Å²) < 4.78 is 0. The number of hydrogen-bond acceptors (Lipinski definition) is 2. The number of fused-ring (bicyclic) bond motifs is 1. The molecule has 1 aliphatic carbocycles. The number of ketones is 1. The van der Waals surface area contributed by atoms with Gasteiger partial charge < -0.3 is 11.5 Å². The SMILES string of the molecule is NC(N)=NC(=O)c1cccc(-c2cccc3c2CCC3=O)c1. The van der Waals surface area contributed by atoms with E-state index in [0.717, 1.165) is 28.7 Å². The van der Waals surface area contributed by atoms with Crippen molar-refractivity contribution in [3.8, 4) is 11.1 Å². The molecule has 110 valence electrons. The van der Waals surface area contributed by atoms with Crippen molar-refractivity contribution >= 4 is 17.6 Å². The van der Waals surface area contributed by atoms with E-state index in [-0.39, 0.29) is 11.7 Å². The second-order valence-corrected chi connectivity index (χ2v) is 5.18. The van der Waals surface area contributed by atoms with Crippen LogP contribution in [0.4, 0.5) is 0 Å². The number of nitrogens with zero attached hydrogens (tertiary/aromatic N) is 1. The van der Waals surface area contributed by atoms with E-state index in [2.05, 4.69) is 4.99 Å². The number of nitrogens with two attached hydrogens (primary N) is 2.